The number of likely N-dealkylation sites (tertiary alicyclic amines) is 1. The zero-order valence-electron chi connectivity index (χ0n) is 14.5. The molecule has 130 valence electrons. The number of carbonyl (C=O) groups is 1. The molecule has 1 saturated heterocycles. The van der Waals surface area contributed by atoms with E-state index in [9.17, 15) is 4.79 Å². The number of fused-ring (bicyclic) bond motifs is 1. The molecule has 0 spiro atoms. The summed E-state index contributed by atoms with van der Waals surface area (Å²) >= 11 is 0. The Morgan fingerprint density at radius 2 is 2.20 bits per heavy atom. The second-order valence-corrected chi connectivity index (χ2v) is 6.72. The van der Waals surface area contributed by atoms with Gasteiger partial charge in [0, 0.05) is 25.1 Å². The van der Waals surface area contributed by atoms with Crippen molar-refractivity contribution in [1.29, 1.82) is 0 Å². The van der Waals surface area contributed by atoms with E-state index in [4.69, 9.17) is 4.52 Å². The Morgan fingerprint density at radius 3 is 2.96 bits per heavy atom. The summed E-state index contributed by atoms with van der Waals surface area (Å²) in [5.74, 6) is 1.34. The number of hydrogen-bond donors (Lipinski definition) is 0. The molecule has 0 aliphatic carbocycles. The van der Waals surface area contributed by atoms with Crippen molar-refractivity contribution in [3.63, 3.8) is 0 Å². The summed E-state index contributed by atoms with van der Waals surface area (Å²) in [5, 5.41) is 12.2. The van der Waals surface area contributed by atoms with E-state index in [0.717, 1.165) is 18.4 Å². The summed E-state index contributed by atoms with van der Waals surface area (Å²) in [6.07, 6.45) is 1.77. The number of rotatable bonds is 3. The van der Waals surface area contributed by atoms with Crippen LogP contribution in [0.15, 0.2) is 22.7 Å². The van der Waals surface area contributed by atoms with Gasteiger partial charge in [0.25, 0.3) is 5.91 Å². The highest BCUT2D eigenvalue weighted by atomic mass is 16.5. The zero-order chi connectivity index (χ0) is 17.6. The van der Waals surface area contributed by atoms with E-state index in [1.807, 2.05) is 37.9 Å². The zero-order valence-corrected chi connectivity index (χ0v) is 14.5. The molecule has 1 aliphatic rings. The summed E-state index contributed by atoms with van der Waals surface area (Å²) in [6.45, 7) is 4.70. The Kier molecular flexibility index (Phi) is 3.74. The number of nitrogens with zero attached hydrogens (tertiary/aromatic N) is 6. The van der Waals surface area contributed by atoms with E-state index in [2.05, 4.69) is 20.5 Å². The van der Waals surface area contributed by atoms with Crippen LogP contribution in [0.1, 0.15) is 60.7 Å². The third kappa shape index (κ3) is 2.67. The van der Waals surface area contributed by atoms with Crippen molar-refractivity contribution < 1.29 is 9.32 Å². The van der Waals surface area contributed by atoms with Gasteiger partial charge in [0.2, 0.25) is 5.89 Å². The van der Waals surface area contributed by atoms with E-state index in [1.54, 1.807) is 10.7 Å². The number of carbonyl (C=O) groups excluding carboxylic acids is 1. The van der Waals surface area contributed by atoms with Crippen molar-refractivity contribution >= 4 is 16.9 Å². The standard InChI is InChI=1S/C17H20N6O2/c1-10(2)16-18-15(20-25-16)14-5-4-8-23(14)17(24)11-6-7-13-12(9-11)19-21-22(13)3/h6-7,9-10,14H,4-5,8H2,1-3H3/t14-/m1/s1. The molecule has 0 unspecified atom stereocenters. The van der Waals surface area contributed by atoms with E-state index in [1.165, 1.54) is 0 Å². The van der Waals surface area contributed by atoms with Crippen LogP contribution in [0, 0.1) is 0 Å². The lowest BCUT2D eigenvalue weighted by Crippen LogP contribution is -2.31. The second-order valence-electron chi connectivity index (χ2n) is 6.72. The summed E-state index contributed by atoms with van der Waals surface area (Å²) < 4.78 is 7.00. The Bertz CT molecular complexity index is 928. The van der Waals surface area contributed by atoms with E-state index >= 15 is 0 Å². The molecule has 0 N–H and O–H groups in total. The van der Waals surface area contributed by atoms with E-state index in [0.29, 0.717) is 29.3 Å². The fourth-order valence-corrected chi connectivity index (χ4v) is 3.23. The van der Waals surface area contributed by atoms with Crippen LogP contribution < -0.4 is 0 Å². The van der Waals surface area contributed by atoms with Crippen molar-refractivity contribution in [2.24, 2.45) is 7.05 Å². The predicted molar refractivity (Wildman–Crippen MR) is 89.9 cm³/mol. The van der Waals surface area contributed by atoms with Crippen molar-refractivity contribution in [3.8, 4) is 0 Å². The van der Waals surface area contributed by atoms with Crippen molar-refractivity contribution in [2.45, 2.75) is 38.6 Å². The molecule has 3 aromatic rings. The Labute approximate surface area is 144 Å². The van der Waals surface area contributed by atoms with Gasteiger partial charge in [-0.3, -0.25) is 4.79 Å². The maximum Gasteiger partial charge on any atom is 0.254 e. The molecule has 0 saturated carbocycles. The molecule has 8 nitrogen and oxygen atoms in total. The molecule has 3 heterocycles. The molecule has 1 aromatic carbocycles. The number of aryl methyl sites for hydroxylation is 1. The van der Waals surface area contributed by atoms with Crippen LogP contribution in [0.5, 0.6) is 0 Å². The van der Waals surface area contributed by atoms with Gasteiger partial charge in [0.05, 0.1) is 11.6 Å². The fourth-order valence-electron chi connectivity index (χ4n) is 3.23. The van der Waals surface area contributed by atoms with Gasteiger partial charge in [-0.25, -0.2) is 4.68 Å². The van der Waals surface area contributed by atoms with Crippen LogP contribution in [0.2, 0.25) is 0 Å². The molecule has 0 radical (unpaired) electrons. The van der Waals surface area contributed by atoms with Crippen molar-refractivity contribution in [3.05, 3.63) is 35.5 Å². The SMILES string of the molecule is CC(C)c1nc([C@H]2CCCN2C(=O)c2ccc3c(c2)nnn3C)no1. The molecule has 1 atom stereocenters. The number of aromatic nitrogens is 5. The molecule has 0 bridgehead atoms. The highest BCUT2D eigenvalue weighted by Crippen LogP contribution is 2.32. The molecule has 1 aliphatic heterocycles. The molecular formula is C17H20N6O2. The topological polar surface area (TPSA) is 89.9 Å². The fraction of sp³-hybridized carbons (Fsp3) is 0.471. The van der Waals surface area contributed by atoms with Crippen LogP contribution in [0.3, 0.4) is 0 Å². The average Bonchev–Trinajstić information content (AvgIpc) is 3.33. The minimum Gasteiger partial charge on any atom is -0.339 e. The van der Waals surface area contributed by atoms with E-state index in [-0.39, 0.29) is 17.9 Å². The molecule has 1 fully saturated rings. The lowest BCUT2D eigenvalue weighted by atomic mass is 10.1. The highest BCUT2D eigenvalue weighted by molar-refractivity contribution is 5.97. The smallest absolute Gasteiger partial charge is 0.254 e. The maximum absolute atomic E-state index is 13.0. The van der Waals surface area contributed by atoms with Gasteiger partial charge in [-0.05, 0) is 31.0 Å². The van der Waals surface area contributed by atoms with E-state index < -0.39 is 0 Å². The summed E-state index contributed by atoms with van der Waals surface area (Å²) in [6, 6.07) is 5.34. The maximum atomic E-state index is 13.0. The molecule has 4 rings (SSSR count). The molecule has 2 aromatic heterocycles. The Morgan fingerprint density at radius 1 is 1.36 bits per heavy atom. The Hall–Kier alpha value is -2.77. The summed E-state index contributed by atoms with van der Waals surface area (Å²) in [4.78, 5) is 19.3. The number of benzene rings is 1. The predicted octanol–water partition coefficient (Wildman–Crippen LogP) is 2.45. The van der Waals surface area contributed by atoms with Crippen LogP contribution in [0.25, 0.3) is 11.0 Å². The van der Waals surface area contributed by atoms with Gasteiger partial charge in [-0.2, -0.15) is 4.98 Å². The molecule has 1 amide bonds. The van der Waals surface area contributed by atoms with Gasteiger partial charge < -0.3 is 9.42 Å². The van der Waals surface area contributed by atoms with Crippen LogP contribution in [0.4, 0.5) is 0 Å². The van der Waals surface area contributed by atoms with Gasteiger partial charge >= 0.3 is 0 Å². The number of hydrogen-bond acceptors (Lipinski definition) is 6. The minimum atomic E-state index is -0.138. The summed E-state index contributed by atoms with van der Waals surface area (Å²) in [5.41, 5.74) is 2.22. The third-order valence-corrected chi connectivity index (χ3v) is 4.62. The monoisotopic (exact) mass is 340 g/mol. The third-order valence-electron chi connectivity index (χ3n) is 4.62. The van der Waals surface area contributed by atoms with Gasteiger partial charge in [0.15, 0.2) is 5.82 Å². The molecule has 25 heavy (non-hydrogen) atoms. The first-order chi connectivity index (χ1) is 12.0. The first kappa shape index (κ1) is 15.7. The number of amides is 1. The largest absolute Gasteiger partial charge is 0.339 e. The van der Waals surface area contributed by atoms with Crippen molar-refractivity contribution in [2.75, 3.05) is 6.54 Å². The highest BCUT2D eigenvalue weighted by Gasteiger charge is 2.34. The first-order valence-corrected chi connectivity index (χ1v) is 8.48. The first-order valence-electron chi connectivity index (χ1n) is 8.48. The van der Waals surface area contributed by atoms with Gasteiger partial charge in [-0.15, -0.1) is 5.10 Å². The molecular weight excluding hydrogens is 320 g/mol. The average molecular weight is 340 g/mol. The Balaban J connectivity index is 1.62. The van der Waals surface area contributed by atoms with Gasteiger partial charge in [0.1, 0.15) is 5.52 Å². The lowest BCUT2D eigenvalue weighted by Gasteiger charge is -2.22. The second kappa shape index (κ2) is 5.94. The normalized spacial score (nSPS) is 17.8. The van der Waals surface area contributed by atoms with Crippen LogP contribution in [-0.4, -0.2) is 42.5 Å². The quantitative estimate of drug-likeness (QED) is 0.727. The van der Waals surface area contributed by atoms with Crippen LogP contribution in [-0.2, 0) is 7.05 Å². The minimum absolute atomic E-state index is 0.0362. The summed E-state index contributed by atoms with van der Waals surface area (Å²) in [7, 11) is 1.83. The van der Waals surface area contributed by atoms with Gasteiger partial charge in [-0.1, -0.05) is 24.2 Å². The van der Waals surface area contributed by atoms with Crippen LogP contribution >= 0.6 is 0 Å². The molecule has 8 heteroatoms. The lowest BCUT2D eigenvalue weighted by molar-refractivity contribution is 0.0728. The van der Waals surface area contributed by atoms with Crippen molar-refractivity contribution in [1.82, 2.24) is 30.0 Å².